The van der Waals surface area contributed by atoms with E-state index in [1.165, 1.54) is 35.4 Å². The lowest BCUT2D eigenvalue weighted by Crippen LogP contribution is -2.36. The normalized spacial score (nSPS) is 17.5. The molecule has 0 spiro atoms. The number of piperidine rings is 1. The maximum absolute atomic E-state index is 12.6. The smallest absolute Gasteiger partial charge is 0.270 e. The first-order valence-electron chi connectivity index (χ1n) is 9.72. The van der Waals surface area contributed by atoms with E-state index in [1.807, 2.05) is 24.3 Å². The molecule has 2 aromatic heterocycles. The lowest BCUT2D eigenvalue weighted by molar-refractivity contribution is 0.102. The van der Waals surface area contributed by atoms with Gasteiger partial charge in [0.05, 0.1) is 0 Å². The van der Waals surface area contributed by atoms with E-state index in [0.29, 0.717) is 17.4 Å². The highest BCUT2D eigenvalue weighted by molar-refractivity contribution is 6.03. The van der Waals surface area contributed by atoms with Crippen LogP contribution in [0.3, 0.4) is 0 Å². The van der Waals surface area contributed by atoms with Gasteiger partial charge in [-0.3, -0.25) is 18.9 Å². The van der Waals surface area contributed by atoms with Gasteiger partial charge in [-0.25, -0.2) is 4.98 Å². The van der Waals surface area contributed by atoms with Crippen LogP contribution in [0.4, 0.5) is 5.69 Å². The van der Waals surface area contributed by atoms with Gasteiger partial charge < -0.3 is 5.32 Å². The van der Waals surface area contributed by atoms with E-state index in [1.54, 1.807) is 24.4 Å². The molecule has 0 bridgehead atoms. The number of fused-ring (bicyclic) bond motifs is 1. The first-order chi connectivity index (χ1) is 13.6. The van der Waals surface area contributed by atoms with Crippen molar-refractivity contribution in [1.29, 1.82) is 0 Å². The molecule has 28 heavy (non-hydrogen) atoms. The minimum Gasteiger partial charge on any atom is -0.322 e. The SMILES string of the molecule is C[C@H]1CCCCN1Cc1ccc(NC(=O)c2cnc3ccccn3c2=O)cc1. The molecule has 3 heterocycles. The van der Waals surface area contributed by atoms with Gasteiger partial charge in [0.1, 0.15) is 11.2 Å². The van der Waals surface area contributed by atoms with E-state index in [0.717, 1.165) is 13.1 Å². The Kier molecular flexibility index (Phi) is 5.21. The Morgan fingerprint density at radius 2 is 2.00 bits per heavy atom. The number of nitrogens with zero attached hydrogens (tertiary/aromatic N) is 3. The number of benzene rings is 1. The van der Waals surface area contributed by atoms with Crippen molar-refractivity contribution in [3.63, 3.8) is 0 Å². The Morgan fingerprint density at radius 1 is 1.18 bits per heavy atom. The highest BCUT2D eigenvalue weighted by Gasteiger charge is 2.18. The van der Waals surface area contributed by atoms with Gasteiger partial charge in [-0.1, -0.05) is 24.6 Å². The molecule has 0 radical (unpaired) electrons. The average molecular weight is 376 g/mol. The fraction of sp³-hybridized carbons (Fsp3) is 0.318. The van der Waals surface area contributed by atoms with Crippen molar-refractivity contribution in [2.75, 3.05) is 11.9 Å². The van der Waals surface area contributed by atoms with Gasteiger partial charge in [0.25, 0.3) is 11.5 Å². The van der Waals surface area contributed by atoms with Crippen LogP contribution in [0.5, 0.6) is 0 Å². The van der Waals surface area contributed by atoms with Crippen LogP contribution in [0, 0.1) is 0 Å². The molecule has 0 saturated carbocycles. The minimum absolute atomic E-state index is 0.0231. The van der Waals surface area contributed by atoms with Crippen LogP contribution in [-0.4, -0.2) is 32.8 Å². The molecular weight excluding hydrogens is 352 g/mol. The second-order valence-corrected chi connectivity index (χ2v) is 7.37. The van der Waals surface area contributed by atoms with Gasteiger partial charge in [-0.05, 0) is 56.1 Å². The van der Waals surface area contributed by atoms with Gasteiger partial charge in [0.2, 0.25) is 0 Å². The first-order valence-corrected chi connectivity index (χ1v) is 9.72. The van der Waals surface area contributed by atoms with Crippen LogP contribution >= 0.6 is 0 Å². The molecule has 3 aromatic rings. The maximum Gasteiger partial charge on any atom is 0.270 e. The monoisotopic (exact) mass is 376 g/mol. The summed E-state index contributed by atoms with van der Waals surface area (Å²) in [6, 6.07) is 13.7. The lowest BCUT2D eigenvalue weighted by Gasteiger charge is -2.33. The van der Waals surface area contributed by atoms with Crippen LogP contribution in [0.2, 0.25) is 0 Å². The maximum atomic E-state index is 12.6. The van der Waals surface area contributed by atoms with E-state index in [2.05, 4.69) is 22.1 Å². The predicted molar refractivity (Wildman–Crippen MR) is 110 cm³/mol. The highest BCUT2D eigenvalue weighted by Crippen LogP contribution is 2.20. The van der Waals surface area contributed by atoms with Crippen LogP contribution in [0.1, 0.15) is 42.1 Å². The van der Waals surface area contributed by atoms with E-state index >= 15 is 0 Å². The molecule has 0 unspecified atom stereocenters. The number of pyridine rings is 1. The van der Waals surface area contributed by atoms with Gasteiger partial charge in [0.15, 0.2) is 0 Å². The number of nitrogens with one attached hydrogen (secondary N) is 1. The second kappa shape index (κ2) is 7.94. The number of amides is 1. The number of anilines is 1. The van der Waals surface area contributed by atoms with Crippen LogP contribution < -0.4 is 10.9 Å². The minimum atomic E-state index is -0.451. The molecule has 1 atom stereocenters. The van der Waals surface area contributed by atoms with Crippen molar-refractivity contribution in [2.24, 2.45) is 0 Å². The van der Waals surface area contributed by atoms with Gasteiger partial charge in [0, 0.05) is 30.7 Å². The van der Waals surface area contributed by atoms with Crippen molar-refractivity contribution in [1.82, 2.24) is 14.3 Å². The third-order valence-corrected chi connectivity index (χ3v) is 5.40. The number of rotatable bonds is 4. The second-order valence-electron chi connectivity index (χ2n) is 7.37. The van der Waals surface area contributed by atoms with Crippen LogP contribution in [0.15, 0.2) is 59.7 Å². The molecular formula is C22H24N4O2. The average Bonchev–Trinajstić information content (AvgIpc) is 2.71. The Hall–Kier alpha value is -2.99. The number of likely N-dealkylation sites (tertiary alicyclic amines) is 1. The predicted octanol–water partition coefficient (Wildman–Crippen LogP) is 3.32. The molecule has 1 saturated heterocycles. The van der Waals surface area contributed by atoms with E-state index in [-0.39, 0.29) is 11.1 Å². The largest absolute Gasteiger partial charge is 0.322 e. The summed E-state index contributed by atoms with van der Waals surface area (Å²) in [6.45, 7) is 4.34. The van der Waals surface area contributed by atoms with Crippen molar-refractivity contribution < 1.29 is 4.79 Å². The van der Waals surface area contributed by atoms with Gasteiger partial charge in [-0.15, -0.1) is 0 Å². The summed E-state index contributed by atoms with van der Waals surface area (Å²) in [5.41, 5.74) is 2.05. The Bertz CT molecular complexity index is 1040. The number of carbonyl (C=O) groups excluding carboxylic acids is 1. The number of hydrogen-bond donors (Lipinski definition) is 1. The third-order valence-electron chi connectivity index (χ3n) is 5.40. The molecule has 6 heteroatoms. The molecule has 1 amide bonds. The topological polar surface area (TPSA) is 66.7 Å². The van der Waals surface area contributed by atoms with Crippen LogP contribution in [0.25, 0.3) is 5.65 Å². The summed E-state index contributed by atoms with van der Waals surface area (Å²) in [6.07, 6.45) is 6.76. The van der Waals surface area contributed by atoms with E-state index < -0.39 is 5.91 Å². The quantitative estimate of drug-likeness (QED) is 0.759. The Morgan fingerprint density at radius 3 is 2.79 bits per heavy atom. The zero-order chi connectivity index (χ0) is 19.5. The molecule has 6 nitrogen and oxygen atoms in total. The zero-order valence-electron chi connectivity index (χ0n) is 16.0. The summed E-state index contributed by atoms with van der Waals surface area (Å²) in [5, 5.41) is 2.80. The number of hydrogen-bond acceptors (Lipinski definition) is 4. The molecule has 1 aromatic carbocycles. The third kappa shape index (κ3) is 3.82. The Balaban J connectivity index is 1.46. The van der Waals surface area contributed by atoms with Crippen molar-refractivity contribution in [3.8, 4) is 0 Å². The molecule has 1 aliphatic heterocycles. The lowest BCUT2D eigenvalue weighted by atomic mass is 10.0. The summed E-state index contributed by atoms with van der Waals surface area (Å²) < 4.78 is 1.37. The van der Waals surface area contributed by atoms with E-state index in [4.69, 9.17) is 0 Å². The zero-order valence-corrected chi connectivity index (χ0v) is 16.0. The molecule has 1 fully saturated rings. The van der Waals surface area contributed by atoms with Gasteiger partial charge >= 0.3 is 0 Å². The first kappa shape index (κ1) is 18.4. The van der Waals surface area contributed by atoms with Crippen molar-refractivity contribution in [2.45, 2.75) is 38.8 Å². The van der Waals surface area contributed by atoms with E-state index in [9.17, 15) is 9.59 Å². The van der Waals surface area contributed by atoms with Crippen molar-refractivity contribution in [3.05, 3.63) is 76.3 Å². The number of carbonyl (C=O) groups is 1. The Labute approximate surface area is 163 Å². The fourth-order valence-corrected chi connectivity index (χ4v) is 3.70. The molecule has 144 valence electrons. The molecule has 1 N–H and O–H groups in total. The summed E-state index contributed by atoms with van der Waals surface area (Å²) >= 11 is 0. The summed E-state index contributed by atoms with van der Waals surface area (Å²) in [5.74, 6) is -0.451. The molecule has 0 aliphatic carbocycles. The van der Waals surface area contributed by atoms with Gasteiger partial charge in [-0.2, -0.15) is 0 Å². The summed E-state index contributed by atoms with van der Waals surface area (Å²) in [7, 11) is 0. The van der Waals surface area contributed by atoms with Crippen LogP contribution in [-0.2, 0) is 6.54 Å². The highest BCUT2D eigenvalue weighted by atomic mass is 16.2. The molecule has 1 aliphatic rings. The summed E-state index contributed by atoms with van der Waals surface area (Å²) in [4.78, 5) is 31.8. The fourth-order valence-electron chi connectivity index (χ4n) is 3.70. The standard InChI is InChI=1S/C22H24N4O2/c1-16-6-2-4-12-25(16)15-17-8-10-18(11-9-17)24-21(27)19-14-23-20-7-3-5-13-26(20)22(19)28/h3,5,7-11,13-14,16H,2,4,6,12,15H2,1H3,(H,24,27)/t16-/m0/s1. The number of aromatic nitrogens is 2. The molecule has 4 rings (SSSR count). The van der Waals surface area contributed by atoms with Crippen molar-refractivity contribution >= 4 is 17.2 Å².